The molecule has 1 amide bonds. The summed E-state index contributed by atoms with van der Waals surface area (Å²) in [5.41, 5.74) is 1.75. The number of carbonyl (C=O) groups excluding carboxylic acids is 1. The second-order valence-electron chi connectivity index (χ2n) is 4.76. The Morgan fingerprint density at radius 3 is 2.75 bits per heavy atom. The summed E-state index contributed by atoms with van der Waals surface area (Å²) in [5, 5.41) is 9.63. The van der Waals surface area contributed by atoms with E-state index in [-0.39, 0.29) is 12.5 Å². The van der Waals surface area contributed by atoms with Crippen LogP contribution in [0.4, 0.5) is 11.4 Å². The van der Waals surface area contributed by atoms with Gasteiger partial charge in [0.2, 0.25) is 0 Å². The standard InChI is InChI=1S/C14H20N2O3S/c1-2-13(17)9-16(20)12-5-3-11(4-6-12)15-7-8-19-10-14(15)18/h3-6,13,17,20H,2,7-10H2,1H3. The quantitative estimate of drug-likeness (QED) is 0.808. The molecule has 0 spiro atoms. The molecule has 0 saturated carbocycles. The maximum atomic E-state index is 11.7. The SMILES string of the molecule is CCC(O)CN(S)c1ccc(N2CCOCC2=O)cc1. The molecule has 0 bridgehead atoms. The summed E-state index contributed by atoms with van der Waals surface area (Å²) in [4.78, 5) is 13.5. The Labute approximate surface area is 124 Å². The zero-order valence-corrected chi connectivity index (χ0v) is 12.4. The van der Waals surface area contributed by atoms with Gasteiger partial charge in [0, 0.05) is 17.9 Å². The van der Waals surface area contributed by atoms with Crippen LogP contribution in [0.2, 0.25) is 0 Å². The minimum atomic E-state index is -0.395. The zero-order chi connectivity index (χ0) is 14.5. The summed E-state index contributed by atoms with van der Waals surface area (Å²) in [6, 6.07) is 7.57. The van der Waals surface area contributed by atoms with Crippen LogP contribution < -0.4 is 9.21 Å². The Balaban J connectivity index is 2.03. The number of ether oxygens (including phenoxy) is 1. The maximum absolute atomic E-state index is 11.7. The highest BCUT2D eigenvalue weighted by Gasteiger charge is 2.20. The van der Waals surface area contributed by atoms with Gasteiger partial charge in [-0.1, -0.05) is 19.7 Å². The Bertz CT molecular complexity index is 452. The Morgan fingerprint density at radius 1 is 1.45 bits per heavy atom. The number of morpholine rings is 1. The van der Waals surface area contributed by atoms with Crippen LogP contribution in [0.5, 0.6) is 0 Å². The molecule has 1 aliphatic rings. The third-order valence-corrected chi connectivity index (χ3v) is 3.69. The highest BCUT2D eigenvalue weighted by atomic mass is 32.1. The molecule has 0 aromatic heterocycles. The van der Waals surface area contributed by atoms with Crippen molar-refractivity contribution in [3.63, 3.8) is 0 Å². The van der Waals surface area contributed by atoms with Gasteiger partial charge in [-0.25, -0.2) is 0 Å². The Hall–Kier alpha value is -1.24. The van der Waals surface area contributed by atoms with Gasteiger partial charge in [-0.3, -0.25) is 4.79 Å². The summed E-state index contributed by atoms with van der Waals surface area (Å²) in [6.07, 6.45) is 0.297. The van der Waals surface area contributed by atoms with Crippen molar-refractivity contribution < 1.29 is 14.6 Å². The van der Waals surface area contributed by atoms with Crippen molar-refractivity contribution in [3.8, 4) is 0 Å². The molecule has 2 rings (SSSR count). The van der Waals surface area contributed by atoms with Crippen LogP contribution in [0.3, 0.4) is 0 Å². The predicted octanol–water partition coefficient (Wildman–Crippen LogP) is 1.47. The molecule has 1 N–H and O–H groups in total. The highest BCUT2D eigenvalue weighted by molar-refractivity contribution is 7.81. The lowest BCUT2D eigenvalue weighted by Gasteiger charge is -2.27. The lowest BCUT2D eigenvalue weighted by molar-refractivity contribution is -0.125. The number of anilines is 2. The van der Waals surface area contributed by atoms with E-state index < -0.39 is 6.10 Å². The van der Waals surface area contributed by atoms with E-state index in [4.69, 9.17) is 4.74 Å². The fraction of sp³-hybridized carbons (Fsp3) is 0.500. The van der Waals surface area contributed by atoms with Gasteiger partial charge in [-0.15, -0.1) is 0 Å². The number of carbonyl (C=O) groups is 1. The van der Waals surface area contributed by atoms with Crippen molar-refractivity contribution >= 4 is 30.1 Å². The molecule has 1 fully saturated rings. The molecule has 0 aliphatic carbocycles. The van der Waals surface area contributed by atoms with Crippen LogP contribution >= 0.6 is 12.8 Å². The molecule has 5 nitrogen and oxygen atoms in total. The maximum Gasteiger partial charge on any atom is 0.253 e. The van der Waals surface area contributed by atoms with Gasteiger partial charge in [0.05, 0.1) is 19.3 Å². The third kappa shape index (κ3) is 3.65. The van der Waals surface area contributed by atoms with Crippen molar-refractivity contribution in [1.29, 1.82) is 0 Å². The van der Waals surface area contributed by atoms with Gasteiger partial charge in [0.1, 0.15) is 6.61 Å². The second-order valence-corrected chi connectivity index (χ2v) is 5.24. The average molecular weight is 296 g/mol. The molecule has 1 heterocycles. The average Bonchev–Trinajstić information content (AvgIpc) is 2.47. The number of aliphatic hydroxyl groups excluding tert-OH is 1. The summed E-state index contributed by atoms with van der Waals surface area (Å²) < 4.78 is 6.82. The van der Waals surface area contributed by atoms with Crippen LogP contribution in [0, 0.1) is 0 Å². The van der Waals surface area contributed by atoms with E-state index in [0.717, 1.165) is 11.4 Å². The normalized spacial score (nSPS) is 17.1. The molecule has 20 heavy (non-hydrogen) atoms. The molecule has 1 saturated heterocycles. The molecule has 1 unspecified atom stereocenters. The Kier molecular flexibility index (Phi) is 5.28. The fourth-order valence-corrected chi connectivity index (χ4v) is 2.35. The van der Waals surface area contributed by atoms with Crippen LogP contribution in [0.25, 0.3) is 0 Å². The van der Waals surface area contributed by atoms with Gasteiger partial charge in [-0.2, -0.15) is 0 Å². The van der Waals surface area contributed by atoms with E-state index in [1.54, 1.807) is 9.21 Å². The summed E-state index contributed by atoms with van der Waals surface area (Å²) in [6.45, 7) is 3.68. The molecule has 1 aromatic carbocycles. The number of benzene rings is 1. The van der Waals surface area contributed by atoms with Crippen molar-refractivity contribution in [2.45, 2.75) is 19.4 Å². The zero-order valence-electron chi connectivity index (χ0n) is 11.5. The highest BCUT2D eigenvalue weighted by Crippen LogP contribution is 2.23. The van der Waals surface area contributed by atoms with Gasteiger partial charge < -0.3 is 19.0 Å². The number of thiol groups is 1. The minimum Gasteiger partial charge on any atom is -0.391 e. The lowest BCUT2D eigenvalue weighted by Crippen LogP contribution is -2.41. The van der Waals surface area contributed by atoms with Crippen molar-refractivity contribution in [1.82, 2.24) is 0 Å². The van der Waals surface area contributed by atoms with Crippen molar-refractivity contribution in [2.75, 3.05) is 35.5 Å². The predicted molar refractivity (Wildman–Crippen MR) is 82.2 cm³/mol. The monoisotopic (exact) mass is 296 g/mol. The summed E-state index contributed by atoms with van der Waals surface area (Å²) in [5.74, 6) is -0.0202. The van der Waals surface area contributed by atoms with E-state index in [0.29, 0.717) is 26.1 Å². The largest absolute Gasteiger partial charge is 0.391 e. The first-order valence-electron chi connectivity index (χ1n) is 6.74. The summed E-state index contributed by atoms with van der Waals surface area (Å²) in [7, 11) is 0. The first-order chi connectivity index (χ1) is 9.61. The molecule has 0 radical (unpaired) electrons. The van der Waals surface area contributed by atoms with Gasteiger partial charge >= 0.3 is 0 Å². The van der Waals surface area contributed by atoms with Crippen molar-refractivity contribution in [2.24, 2.45) is 0 Å². The molecular weight excluding hydrogens is 276 g/mol. The number of rotatable bonds is 5. The first-order valence-corrected chi connectivity index (χ1v) is 7.14. The van der Waals surface area contributed by atoms with E-state index >= 15 is 0 Å². The second kappa shape index (κ2) is 6.97. The Morgan fingerprint density at radius 2 is 2.15 bits per heavy atom. The number of hydrogen-bond acceptors (Lipinski definition) is 5. The van der Waals surface area contributed by atoms with Crippen LogP contribution in [-0.4, -0.2) is 43.4 Å². The van der Waals surface area contributed by atoms with E-state index in [1.165, 1.54) is 0 Å². The fourth-order valence-electron chi connectivity index (χ4n) is 2.03. The van der Waals surface area contributed by atoms with E-state index in [9.17, 15) is 9.90 Å². The number of aliphatic hydroxyl groups is 1. The van der Waals surface area contributed by atoms with E-state index in [1.807, 2.05) is 31.2 Å². The smallest absolute Gasteiger partial charge is 0.253 e. The van der Waals surface area contributed by atoms with Crippen molar-refractivity contribution in [3.05, 3.63) is 24.3 Å². The van der Waals surface area contributed by atoms with Crippen LogP contribution in [-0.2, 0) is 9.53 Å². The lowest BCUT2D eigenvalue weighted by atomic mass is 10.2. The van der Waals surface area contributed by atoms with Crippen LogP contribution in [0.1, 0.15) is 13.3 Å². The molecule has 1 aromatic rings. The number of nitrogens with zero attached hydrogens (tertiary/aromatic N) is 2. The van der Waals surface area contributed by atoms with Gasteiger partial charge in [0.15, 0.2) is 0 Å². The summed E-state index contributed by atoms with van der Waals surface area (Å²) >= 11 is 4.36. The minimum absolute atomic E-state index is 0.0202. The molecular formula is C14H20N2O3S. The first kappa shape index (κ1) is 15.2. The topological polar surface area (TPSA) is 53.0 Å². The molecule has 1 aliphatic heterocycles. The van der Waals surface area contributed by atoms with E-state index in [2.05, 4.69) is 12.8 Å². The third-order valence-electron chi connectivity index (χ3n) is 3.30. The molecule has 6 heteroatoms. The van der Waals surface area contributed by atoms with Gasteiger partial charge in [-0.05, 0) is 30.7 Å². The van der Waals surface area contributed by atoms with Gasteiger partial charge in [0.25, 0.3) is 5.91 Å². The molecule has 110 valence electrons. The number of hydrogen-bond donors (Lipinski definition) is 2. The van der Waals surface area contributed by atoms with Crippen LogP contribution in [0.15, 0.2) is 24.3 Å². The molecule has 1 atom stereocenters. The number of amides is 1.